The minimum absolute atomic E-state index is 0.929. The van der Waals surface area contributed by atoms with Gasteiger partial charge in [-0.1, -0.05) is 419 Å². The first-order chi connectivity index (χ1) is 73.0. The van der Waals surface area contributed by atoms with E-state index in [0.29, 0.717) is 0 Å². The maximum Gasteiger partial charge on any atom is 0.136 e. The summed E-state index contributed by atoms with van der Waals surface area (Å²) in [7, 11) is 0. The summed E-state index contributed by atoms with van der Waals surface area (Å²) < 4.78 is 12.0. The first-order valence-electron chi connectivity index (χ1n) is 51.1. The fourth-order valence-electron chi connectivity index (χ4n) is 27.9. The van der Waals surface area contributed by atoms with Gasteiger partial charge in [0.05, 0.1) is 0 Å². The van der Waals surface area contributed by atoms with Crippen LogP contribution in [0, 0.1) is 0 Å². The summed E-state index contributed by atoms with van der Waals surface area (Å²) in [6.07, 6.45) is 0. The molecule has 0 fully saturated rings. The number of furan rings is 1. The van der Waals surface area contributed by atoms with Crippen LogP contribution in [0.2, 0.25) is 0 Å². The van der Waals surface area contributed by atoms with E-state index in [1.54, 1.807) is 0 Å². The van der Waals surface area contributed by atoms with E-state index in [-0.39, 0.29) is 0 Å². The zero-order chi connectivity index (χ0) is 95.4. The van der Waals surface area contributed by atoms with Gasteiger partial charge in [-0.05, 0) is 348 Å². The topological polar surface area (TPSA) is 13.1 Å². The number of fused-ring (bicyclic) bond motifs is 36. The Bertz CT molecular complexity index is 11500. The van der Waals surface area contributed by atoms with Gasteiger partial charge in [0, 0.05) is 51.1 Å². The molecule has 0 spiro atoms. The molecule has 0 aliphatic heterocycles. The summed E-state index contributed by atoms with van der Waals surface area (Å²) in [6, 6.07) is 176. The number of benzene rings is 27. The van der Waals surface area contributed by atoms with Crippen LogP contribution in [0.4, 0.5) is 0 Å². The molecule has 0 radical (unpaired) electrons. The summed E-state index contributed by atoms with van der Waals surface area (Å²) in [4.78, 5) is 0. The number of hydrogen-bond donors (Lipinski definition) is 0. The lowest BCUT2D eigenvalue weighted by molar-refractivity contribution is 0.669. The first-order valence-corrected chi connectivity index (χ1v) is 52.7. The van der Waals surface area contributed by atoms with Crippen LogP contribution >= 0.6 is 22.7 Å². The second-order valence-electron chi connectivity index (χ2n) is 40.4. The Labute approximate surface area is 848 Å². The highest BCUT2D eigenvalue weighted by atomic mass is 32.1. The molecular weight excluding hydrogens is 1810 g/mol. The van der Waals surface area contributed by atoms with E-state index in [2.05, 4.69) is 473 Å². The van der Waals surface area contributed by atoms with Crippen molar-refractivity contribution in [3.05, 3.63) is 473 Å². The second-order valence-corrected chi connectivity index (χ2v) is 42.6. The van der Waals surface area contributed by atoms with Crippen LogP contribution in [-0.2, 0) is 0 Å². The Balaban J connectivity index is 0.0000000945. The molecular formula is C144H78OS2. The standard InChI is InChI=1S/C48H26O.2C48H26S/c2*1-3-13-27(14-4-1)41-37-25-36-30-18-8-7-17-29(30)31-20-11-22-34(43(31)36)46(37)42(28-15-5-2-6-16-28)47-35-23-12-21-33-44(35)38(48(41)47)26-40-45(33)32-19-9-10-24-39(32)49-40;1-3-13-27(14-4-1)41-37-25-36-30-18-8-7-17-29(30)31-20-11-22-34(43(31)36)46(37)42(28-15-5-2-6-16-28)48-38-26-40-45(32-19-9-10-24-39(32)49-40)33-21-12-23-35(44(33)38)47(41)48/h3*1-26H. The van der Waals surface area contributed by atoms with Crippen LogP contribution in [0.15, 0.2) is 478 Å². The maximum atomic E-state index is 6.63. The van der Waals surface area contributed by atoms with Crippen molar-refractivity contribution in [2.45, 2.75) is 0 Å². The zero-order valence-electron chi connectivity index (χ0n) is 79.3. The van der Waals surface area contributed by atoms with E-state index >= 15 is 0 Å². The van der Waals surface area contributed by atoms with E-state index in [9.17, 15) is 0 Å². The van der Waals surface area contributed by atoms with Gasteiger partial charge >= 0.3 is 0 Å². The molecule has 36 rings (SSSR count). The molecule has 0 aliphatic rings. The number of thiophene rings is 2. The molecule has 0 saturated carbocycles. The fourth-order valence-corrected chi connectivity index (χ4v) is 30.2. The van der Waals surface area contributed by atoms with Gasteiger partial charge in [0.15, 0.2) is 0 Å². The van der Waals surface area contributed by atoms with Gasteiger partial charge in [0.25, 0.3) is 0 Å². The molecule has 36 aromatic rings. The average Bonchev–Trinajstić information content (AvgIpc) is 1.52. The highest BCUT2D eigenvalue weighted by Crippen LogP contribution is 2.62. The minimum atomic E-state index is 0.929. The van der Waals surface area contributed by atoms with Crippen LogP contribution < -0.4 is 0 Å². The van der Waals surface area contributed by atoms with Crippen LogP contribution in [0.1, 0.15) is 0 Å². The van der Waals surface area contributed by atoms with Gasteiger partial charge in [-0.2, -0.15) is 0 Å². The Morgan fingerprint density at radius 1 is 0.102 bits per heavy atom. The minimum Gasteiger partial charge on any atom is -0.456 e. The van der Waals surface area contributed by atoms with E-state index in [4.69, 9.17) is 4.42 Å². The third-order valence-electron chi connectivity index (χ3n) is 33.3. The van der Waals surface area contributed by atoms with Crippen molar-refractivity contribution < 1.29 is 4.42 Å². The average molecular weight is 1890 g/mol. The Morgan fingerprint density at radius 3 is 0.653 bits per heavy atom. The highest BCUT2D eigenvalue weighted by molar-refractivity contribution is 7.26. The van der Waals surface area contributed by atoms with Gasteiger partial charge in [0.2, 0.25) is 0 Å². The Kier molecular flexibility index (Phi) is 16.4. The van der Waals surface area contributed by atoms with Crippen molar-refractivity contribution in [3.63, 3.8) is 0 Å². The molecule has 672 valence electrons. The van der Waals surface area contributed by atoms with Gasteiger partial charge in [0.1, 0.15) is 11.2 Å². The van der Waals surface area contributed by atoms with Crippen molar-refractivity contribution in [2.24, 2.45) is 0 Å². The molecule has 147 heavy (non-hydrogen) atoms. The molecule has 3 heteroatoms. The largest absolute Gasteiger partial charge is 0.456 e. The highest BCUT2D eigenvalue weighted by Gasteiger charge is 2.34. The SMILES string of the molecule is c1ccc(-c2c3cc4c5ccccc5c5cccc(c3c(-c3ccccc3)c3c6cc7sc8ccccc8c7c7cccc(c23)c67)c54)cc1.c1ccc(-c2c3cc4c5ccccc5c5cccc(c3c(-c3ccccc3)c3c6cccc7c8c(cc(c23)c67)oc2ccccc28)c54)cc1.c1ccc(-c2c3cc4c5ccccc5c5cccc(c3c(-c3ccccc3)c3c6cccc7c8c(cc(c23)c67)sc2ccccc28)c54)cc1. The molecule has 0 saturated heterocycles. The van der Waals surface area contributed by atoms with Crippen molar-refractivity contribution in [2.75, 3.05) is 0 Å². The predicted octanol–water partition coefficient (Wildman–Crippen LogP) is 42.5. The van der Waals surface area contributed by atoms with E-state index in [1.807, 2.05) is 22.7 Å². The van der Waals surface area contributed by atoms with Crippen molar-refractivity contribution >= 4 is 311 Å². The molecule has 1 nitrogen and oxygen atoms in total. The second kappa shape index (κ2) is 30.1. The molecule has 0 unspecified atom stereocenters. The summed E-state index contributed by atoms with van der Waals surface area (Å²) in [5, 5.41) is 63.7. The maximum absolute atomic E-state index is 6.63. The fraction of sp³-hybridized carbons (Fsp3) is 0. The molecule has 3 aromatic heterocycles. The third-order valence-corrected chi connectivity index (χ3v) is 35.5. The van der Waals surface area contributed by atoms with Crippen molar-refractivity contribution in [1.82, 2.24) is 0 Å². The van der Waals surface area contributed by atoms with E-state index in [0.717, 1.165) is 16.6 Å². The molecule has 33 aromatic carbocycles. The summed E-state index contributed by atoms with van der Waals surface area (Å²) in [6.45, 7) is 0. The van der Waals surface area contributed by atoms with Gasteiger partial charge < -0.3 is 4.42 Å². The zero-order valence-corrected chi connectivity index (χ0v) is 80.9. The van der Waals surface area contributed by atoms with Crippen LogP contribution in [0.25, 0.3) is 355 Å². The molecule has 3 heterocycles. The van der Waals surface area contributed by atoms with E-state index in [1.165, 1.54) is 339 Å². The monoisotopic (exact) mass is 1890 g/mol. The van der Waals surface area contributed by atoms with Crippen molar-refractivity contribution in [3.8, 4) is 66.8 Å². The number of rotatable bonds is 6. The first kappa shape index (κ1) is 80.1. The normalized spacial score (nSPS) is 12.5. The predicted molar refractivity (Wildman–Crippen MR) is 640 cm³/mol. The smallest absolute Gasteiger partial charge is 0.136 e. The van der Waals surface area contributed by atoms with Gasteiger partial charge in [-0.15, -0.1) is 22.7 Å². The van der Waals surface area contributed by atoms with Crippen molar-refractivity contribution in [1.29, 1.82) is 0 Å². The lowest BCUT2D eigenvalue weighted by Gasteiger charge is -2.19. The van der Waals surface area contributed by atoms with Crippen LogP contribution in [-0.4, -0.2) is 0 Å². The Morgan fingerprint density at radius 2 is 0.320 bits per heavy atom. The number of para-hydroxylation sites is 1. The molecule has 0 amide bonds. The third kappa shape index (κ3) is 10.8. The van der Waals surface area contributed by atoms with Gasteiger partial charge in [-0.3, -0.25) is 0 Å². The Hall–Kier alpha value is -18.5. The molecule has 0 aliphatic carbocycles. The van der Waals surface area contributed by atoms with Gasteiger partial charge in [-0.25, -0.2) is 0 Å². The summed E-state index contributed by atoms with van der Waals surface area (Å²) in [5.74, 6) is 0. The molecule has 0 bridgehead atoms. The number of hydrogen-bond acceptors (Lipinski definition) is 3. The quantitative estimate of drug-likeness (QED) is 0.151. The summed E-state index contributed by atoms with van der Waals surface area (Å²) in [5.41, 5.74) is 17.3. The molecule has 0 atom stereocenters. The lowest BCUT2D eigenvalue weighted by atomic mass is 9.84. The van der Waals surface area contributed by atoms with Crippen LogP contribution in [0.5, 0.6) is 0 Å². The molecule has 0 N–H and O–H groups in total. The summed E-state index contributed by atoms with van der Waals surface area (Å²) >= 11 is 3.83. The van der Waals surface area contributed by atoms with E-state index < -0.39 is 0 Å². The lowest BCUT2D eigenvalue weighted by Crippen LogP contribution is -1.91. The van der Waals surface area contributed by atoms with Crippen LogP contribution in [0.3, 0.4) is 0 Å².